The molecule has 1 atom stereocenters. The fourth-order valence-electron chi connectivity index (χ4n) is 3.12. The Balaban J connectivity index is 1.80. The van der Waals surface area contributed by atoms with Crippen molar-refractivity contribution < 1.29 is 22.6 Å². The molecule has 1 aromatic carbocycles. The van der Waals surface area contributed by atoms with Crippen LogP contribution in [0.3, 0.4) is 0 Å². The number of hydrogen-bond donors (Lipinski definition) is 2. The Hall–Kier alpha value is -2.16. The van der Waals surface area contributed by atoms with Crippen LogP contribution in [-0.4, -0.2) is 64.5 Å². The molecular formula is C18H27F3N4O2. The summed E-state index contributed by atoms with van der Waals surface area (Å²) in [7, 11) is 4.85. The van der Waals surface area contributed by atoms with Crippen molar-refractivity contribution in [3.63, 3.8) is 0 Å². The Morgan fingerprint density at radius 2 is 2.04 bits per heavy atom. The van der Waals surface area contributed by atoms with Gasteiger partial charge in [0.1, 0.15) is 11.5 Å². The zero-order valence-corrected chi connectivity index (χ0v) is 15.9. The topological polar surface area (TPSA) is 58.1 Å². The van der Waals surface area contributed by atoms with Gasteiger partial charge >= 0.3 is 6.18 Å². The normalized spacial score (nSPS) is 18.4. The number of likely N-dealkylation sites (tertiary alicyclic amines) is 1. The predicted octanol–water partition coefficient (Wildman–Crippen LogP) is 2.25. The van der Waals surface area contributed by atoms with Crippen LogP contribution < -0.4 is 20.1 Å². The highest BCUT2D eigenvalue weighted by atomic mass is 19.4. The predicted molar refractivity (Wildman–Crippen MR) is 98.3 cm³/mol. The molecule has 1 unspecified atom stereocenters. The van der Waals surface area contributed by atoms with Gasteiger partial charge in [-0.15, -0.1) is 0 Å². The molecule has 0 aliphatic carbocycles. The summed E-state index contributed by atoms with van der Waals surface area (Å²) >= 11 is 0. The van der Waals surface area contributed by atoms with Crippen molar-refractivity contribution in [2.24, 2.45) is 10.9 Å². The third-order valence-corrected chi connectivity index (χ3v) is 4.50. The second kappa shape index (κ2) is 9.68. The largest absolute Gasteiger partial charge is 0.497 e. The third kappa shape index (κ3) is 6.82. The van der Waals surface area contributed by atoms with Crippen molar-refractivity contribution in [3.05, 3.63) is 23.8 Å². The molecule has 1 fully saturated rings. The Morgan fingerprint density at radius 1 is 1.26 bits per heavy atom. The monoisotopic (exact) mass is 388 g/mol. The van der Waals surface area contributed by atoms with Crippen LogP contribution in [0.25, 0.3) is 0 Å². The van der Waals surface area contributed by atoms with E-state index in [0.29, 0.717) is 43.6 Å². The van der Waals surface area contributed by atoms with Gasteiger partial charge in [0.2, 0.25) is 0 Å². The summed E-state index contributed by atoms with van der Waals surface area (Å²) < 4.78 is 48.0. The smallest absolute Gasteiger partial charge is 0.401 e. The molecule has 9 heteroatoms. The van der Waals surface area contributed by atoms with E-state index in [1.807, 2.05) is 12.1 Å². The van der Waals surface area contributed by atoms with Gasteiger partial charge in [0.05, 0.1) is 20.8 Å². The highest BCUT2D eigenvalue weighted by Gasteiger charge is 2.34. The van der Waals surface area contributed by atoms with Gasteiger partial charge in [-0.05, 0) is 31.0 Å². The first-order chi connectivity index (χ1) is 12.8. The number of aliphatic imine (C=N–C) groups is 1. The summed E-state index contributed by atoms with van der Waals surface area (Å²) in [5.74, 6) is 2.18. The van der Waals surface area contributed by atoms with Crippen LogP contribution >= 0.6 is 0 Å². The lowest BCUT2D eigenvalue weighted by Crippen LogP contribution is -2.40. The van der Waals surface area contributed by atoms with Crippen LogP contribution in [0.1, 0.15) is 12.0 Å². The molecule has 0 spiro atoms. The van der Waals surface area contributed by atoms with Crippen LogP contribution in [0.4, 0.5) is 13.2 Å². The zero-order chi connectivity index (χ0) is 19.9. The molecule has 1 aliphatic rings. The van der Waals surface area contributed by atoms with Gasteiger partial charge in [0.25, 0.3) is 0 Å². The zero-order valence-electron chi connectivity index (χ0n) is 15.9. The highest BCUT2D eigenvalue weighted by Crippen LogP contribution is 2.24. The van der Waals surface area contributed by atoms with Gasteiger partial charge in [-0.2, -0.15) is 13.2 Å². The summed E-state index contributed by atoms with van der Waals surface area (Å²) in [6, 6.07) is 5.56. The average molecular weight is 388 g/mol. The van der Waals surface area contributed by atoms with E-state index in [1.54, 1.807) is 27.3 Å². The molecule has 1 aromatic rings. The summed E-state index contributed by atoms with van der Waals surface area (Å²) in [4.78, 5) is 5.62. The molecule has 6 nitrogen and oxygen atoms in total. The van der Waals surface area contributed by atoms with Crippen molar-refractivity contribution in [3.8, 4) is 11.5 Å². The second-order valence-electron chi connectivity index (χ2n) is 6.49. The maximum atomic E-state index is 12.5. The van der Waals surface area contributed by atoms with Crippen molar-refractivity contribution in [1.29, 1.82) is 0 Å². The Bertz CT molecular complexity index is 638. The van der Waals surface area contributed by atoms with Crippen LogP contribution in [0.2, 0.25) is 0 Å². The molecular weight excluding hydrogens is 361 g/mol. The minimum Gasteiger partial charge on any atom is -0.497 e. The van der Waals surface area contributed by atoms with E-state index in [0.717, 1.165) is 12.0 Å². The number of nitrogens with zero attached hydrogens (tertiary/aromatic N) is 2. The molecule has 0 amide bonds. The first-order valence-corrected chi connectivity index (χ1v) is 8.79. The Labute approximate surface area is 157 Å². The van der Waals surface area contributed by atoms with Crippen LogP contribution in [0, 0.1) is 5.92 Å². The van der Waals surface area contributed by atoms with E-state index < -0.39 is 12.7 Å². The standard InChI is InChI=1S/C18H27F3N4O2/c1-22-17(23-9-13-6-7-25(11-13)12-18(19,20)21)24-10-14-4-5-15(26-2)8-16(14)27-3/h4-5,8,13H,6-7,9-12H2,1-3H3,(H2,22,23,24). The van der Waals surface area contributed by atoms with E-state index in [2.05, 4.69) is 15.6 Å². The number of benzene rings is 1. The lowest BCUT2D eigenvalue weighted by molar-refractivity contribution is -0.143. The molecule has 0 radical (unpaired) electrons. The van der Waals surface area contributed by atoms with Crippen LogP contribution in [0.5, 0.6) is 11.5 Å². The number of rotatable bonds is 7. The number of alkyl halides is 3. The first-order valence-electron chi connectivity index (χ1n) is 8.79. The van der Waals surface area contributed by atoms with Crippen molar-refractivity contribution in [1.82, 2.24) is 15.5 Å². The van der Waals surface area contributed by atoms with Gasteiger partial charge in [-0.3, -0.25) is 9.89 Å². The molecule has 2 rings (SSSR count). The highest BCUT2D eigenvalue weighted by molar-refractivity contribution is 5.79. The third-order valence-electron chi connectivity index (χ3n) is 4.50. The number of ether oxygens (including phenoxy) is 2. The van der Waals surface area contributed by atoms with Crippen molar-refractivity contribution >= 4 is 5.96 Å². The lowest BCUT2D eigenvalue weighted by Gasteiger charge is -2.19. The summed E-state index contributed by atoms with van der Waals surface area (Å²) in [6.45, 7) is 1.15. The summed E-state index contributed by atoms with van der Waals surface area (Å²) in [6.07, 6.45) is -3.40. The van der Waals surface area contributed by atoms with Crippen molar-refractivity contribution in [2.45, 2.75) is 19.1 Å². The van der Waals surface area contributed by atoms with Gasteiger partial charge in [-0.25, -0.2) is 0 Å². The number of methoxy groups -OCH3 is 2. The molecule has 2 N–H and O–H groups in total. The first kappa shape index (κ1) is 21.1. The molecule has 0 aromatic heterocycles. The molecule has 0 saturated carbocycles. The fourth-order valence-corrected chi connectivity index (χ4v) is 3.12. The van der Waals surface area contributed by atoms with E-state index >= 15 is 0 Å². The summed E-state index contributed by atoms with van der Waals surface area (Å²) in [5, 5.41) is 6.39. The molecule has 27 heavy (non-hydrogen) atoms. The SMILES string of the molecule is CN=C(NCc1ccc(OC)cc1OC)NCC1CCN(CC(F)(F)F)C1. The Kier molecular flexibility index (Phi) is 7.58. The van der Waals surface area contributed by atoms with E-state index in [1.165, 1.54) is 4.90 Å². The minimum absolute atomic E-state index is 0.168. The minimum atomic E-state index is -4.14. The molecule has 1 saturated heterocycles. The van der Waals surface area contributed by atoms with Gasteiger partial charge in [0, 0.05) is 38.3 Å². The number of halogens is 3. The molecule has 0 bridgehead atoms. The van der Waals surface area contributed by atoms with E-state index in [9.17, 15) is 13.2 Å². The Morgan fingerprint density at radius 3 is 2.67 bits per heavy atom. The molecule has 1 heterocycles. The van der Waals surface area contributed by atoms with E-state index in [-0.39, 0.29) is 5.92 Å². The maximum absolute atomic E-state index is 12.5. The molecule has 152 valence electrons. The van der Waals surface area contributed by atoms with E-state index in [4.69, 9.17) is 9.47 Å². The second-order valence-corrected chi connectivity index (χ2v) is 6.49. The van der Waals surface area contributed by atoms with Crippen LogP contribution in [0.15, 0.2) is 23.2 Å². The lowest BCUT2D eigenvalue weighted by atomic mass is 10.1. The maximum Gasteiger partial charge on any atom is 0.401 e. The van der Waals surface area contributed by atoms with Gasteiger partial charge in [-0.1, -0.05) is 0 Å². The van der Waals surface area contributed by atoms with Crippen molar-refractivity contribution in [2.75, 3.05) is 47.4 Å². The molecule has 1 aliphatic heterocycles. The quantitative estimate of drug-likeness (QED) is 0.554. The number of hydrogen-bond acceptors (Lipinski definition) is 4. The van der Waals surface area contributed by atoms with Gasteiger partial charge < -0.3 is 20.1 Å². The summed E-state index contributed by atoms with van der Waals surface area (Å²) in [5.41, 5.74) is 0.943. The number of guanidine groups is 1. The average Bonchev–Trinajstić information content (AvgIpc) is 3.07. The fraction of sp³-hybridized carbons (Fsp3) is 0.611. The number of nitrogens with one attached hydrogen (secondary N) is 2. The van der Waals surface area contributed by atoms with Gasteiger partial charge in [0.15, 0.2) is 5.96 Å². The van der Waals surface area contributed by atoms with Crippen LogP contribution in [-0.2, 0) is 6.54 Å².